The summed E-state index contributed by atoms with van der Waals surface area (Å²) in [6, 6.07) is 38.8. The van der Waals surface area contributed by atoms with Crippen molar-refractivity contribution in [2.24, 2.45) is 0 Å². The summed E-state index contributed by atoms with van der Waals surface area (Å²) in [5.41, 5.74) is 2.41. The fourth-order valence-corrected chi connectivity index (χ4v) is 3.54. The number of hydrogen-bond acceptors (Lipinski definition) is 2. The molecule has 0 spiro atoms. The van der Waals surface area contributed by atoms with E-state index in [1.54, 1.807) is 7.11 Å². The van der Waals surface area contributed by atoms with E-state index in [1.165, 1.54) is 0 Å². The van der Waals surface area contributed by atoms with Gasteiger partial charge in [-0.3, -0.25) is 0 Å². The predicted molar refractivity (Wildman–Crippen MR) is 113 cm³/mol. The van der Waals surface area contributed by atoms with Crippen molar-refractivity contribution in [2.75, 3.05) is 7.11 Å². The quantitative estimate of drug-likeness (QED) is 0.386. The van der Waals surface area contributed by atoms with Crippen LogP contribution >= 0.6 is 0 Å². The van der Waals surface area contributed by atoms with E-state index in [-0.39, 0.29) is 0 Å². The van der Waals surface area contributed by atoms with Gasteiger partial charge in [0.25, 0.3) is 0 Å². The van der Waals surface area contributed by atoms with Crippen molar-refractivity contribution >= 4 is 0 Å². The molecule has 0 saturated carbocycles. The Morgan fingerprint density at radius 1 is 0.500 bits per heavy atom. The highest BCUT2D eigenvalue weighted by Crippen LogP contribution is 2.41. The van der Waals surface area contributed by atoms with Crippen molar-refractivity contribution in [2.45, 2.75) is 5.60 Å². The Labute approximate surface area is 166 Å². The van der Waals surface area contributed by atoms with Gasteiger partial charge in [0.15, 0.2) is 5.60 Å². The average molecular weight is 366 g/mol. The lowest BCUT2D eigenvalue weighted by atomic mass is 9.80. The molecule has 0 bridgehead atoms. The second-order valence-electron chi connectivity index (χ2n) is 6.56. The molecule has 0 aliphatic carbocycles. The summed E-state index contributed by atoms with van der Waals surface area (Å²) >= 11 is 0. The van der Waals surface area contributed by atoms with Crippen molar-refractivity contribution in [1.29, 1.82) is 0 Å². The molecule has 28 heavy (non-hydrogen) atoms. The maximum atomic E-state index is 6.82. The van der Waals surface area contributed by atoms with Crippen LogP contribution in [-0.2, 0) is 5.60 Å². The summed E-state index contributed by atoms with van der Waals surface area (Å²) < 4.78 is 12.2. The van der Waals surface area contributed by atoms with Crippen LogP contribution in [-0.4, -0.2) is 7.11 Å². The van der Waals surface area contributed by atoms with Gasteiger partial charge in [0, 0.05) is 22.8 Å². The summed E-state index contributed by atoms with van der Waals surface area (Å²) in [6.45, 7) is 0. The first-order chi connectivity index (χ1) is 13.8. The fourth-order valence-electron chi connectivity index (χ4n) is 3.54. The van der Waals surface area contributed by atoms with Gasteiger partial charge >= 0.3 is 0 Å². The molecule has 0 unspecified atom stereocenters. The van der Waals surface area contributed by atoms with Crippen LogP contribution in [0.2, 0.25) is 0 Å². The summed E-state index contributed by atoms with van der Waals surface area (Å²) in [5.74, 6) is 1.51. The van der Waals surface area contributed by atoms with E-state index in [0.29, 0.717) is 0 Å². The van der Waals surface area contributed by atoms with E-state index >= 15 is 0 Å². The van der Waals surface area contributed by atoms with Crippen molar-refractivity contribution in [3.8, 4) is 11.5 Å². The van der Waals surface area contributed by atoms with Gasteiger partial charge in [-0.25, -0.2) is 0 Å². The first-order valence-electron chi connectivity index (χ1n) is 9.32. The molecule has 0 radical (unpaired) electrons. The van der Waals surface area contributed by atoms with E-state index in [0.717, 1.165) is 28.2 Å². The van der Waals surface area contributed by atoms with Crippen LogP contribution < -0.4 is 9.47 Å². The Balaban J connectivity index is 1.98. The molecule has 0 amide bonds. The van der Waals surface area contributed by atoms with E-state index in [1.807, 2.05) is 78.9 Å². The standard InChI is InChI=1S/C26H22O2/c1-27-24-18-11-19-25(20-24)28-26(21-12-5-2-6-13-21,22-14-7-3-8-15-22)23-16-9-4-10-17-23/h2-20H,1H3. The zero-order chi connectivity index (χ0) is 19.2. The lowest BCUT2D eigenvalue weighted by Crippen LogP contribution is -2.36. The second-order valence-corrected chi connectivity index (χ2v) is 6.56. The maximum Gasteiger partial charge on any atom is 0.184 e. The first kappa shape index (κ1) is 17.9. The molecular weight excluding hydrogens is 344 g/mol. The summed E-state index contributed by atoms with van der Waals surface area (Å²) in [5, 5.41) is 0. The van der Waals surface area contributed by atoms with Gasteiger partial charge < -0.3 is 9.47 Å². The SMILES string of the molecule is COc1cccc(OC(c2ccccc2)(c2ccccc2)c2ccccc2)c1. The molecule has 4 aromatic rings. The normalized spacial score (nSPS) is 11.0. The van der Waals surface area contributed by atoms with Gasteiger partial charge in [-0.2, -0.15) is 0 Å². The van der Waals surface area contributed by atoms with Crippen LogP contribution in [0, 0.1) is 0 Å². The average Bonchev–Trinajstić information content (AvgIpc) is 2.79. The minimum Gasteiger partial charge on any atom is -0.497 e. The number of benzene rings is 4. The van der Waals surface area contributed by atoms with Crippen LogP contribution in [0.4, 0.5) is 0 Å². The molecule has 4 aromatic carbocycles. The molecular formula is C26H22O2. The minimum atomic E-state index is -0.782. The molecule has 0 aromatic heterocycles. The highest BCUT2D eigenvalue weighted by atomic mass is 16.5. The number of ether oxygens (including phenoxy) is 2. The Kier molecular flexibility index (Phi) is 5.11. The van der Waals surface area contributed by atoms with Gasteiger partial charge in [0.05, 0.1) is 7.11 Å². The van der Waals surface area contributed by atoms with Gasteiger partial charge in [-0.05, 0) is 12.1 Å². The topological polar surface area (TPSA) is 18.5 Å². The smallest absolute Gasteiger partial charge is 0.184 e. The Morgan fingerprint density at radius 3 is 1.36 bits per heavy atom. The van der Waals surface area contributed by atoms with Crippen molar-refractivity contribution in [3.63, 3.8) is 0 Å². The van der Waals surface area contributed by atoms with Crippen molar-refractivity contribution in [3.05, 3.63) is 132 Å². The van der Waals surface area contributed by atoms with Crippen LogP contribution in [0.15, 0.2) is 115 Å². The third-order valence-corrected chi connectivity index (χ3v) is 4.85. The van der Waals surface area contributed by atoms with Gasteiger partial charge in [0.1, 0.15) is 11.5 Å². The number of rotatable bonds is 6. The molecule has 2 heteroatoms. The molecule has 138 valence electrons. The molecule has 0 fully saturated rings. The highest BCUT2D eigenvalue weighted by molar-refractivity contribution is 5.49. The molecule has 0 aliphatic heterocycles. The van der Waals surface area contributed by atoms with Gasteiger partial charge in [-0.15, -0.1) is 0 Å². The maximum absolute atomic E-state index is 6.82. The Morgan fingerprint density at radius 2 is 0.929 bits per heavy atom. The van der Waals surface area contributed by atoms with Crippen LogP contribution in [0.3, 0.4) is 0 Å². The molecule has 2 nitrogen and oxygen atoms in total. The molecule has 0 N–H and O–H groups in total. The monoisotopic (exact) mass is 366 g/mol. The van der Waals surface area contributed by atoms with E-state index in [2.05, 4.69) is 36.4 Å². The lowest BCUT2D eigenvalue weighted by Gasteiger charge is -2.36. The first-order valence-corrected chi connectivity index (χ1v) is 9.32. The van der Waals surface area contributed by atoms with Crippen LogP contribution in [0.5, 0.6) is 11.5 Å². The van der Waals surface area contributed by atoms with Crippen molar-refractivity contribution < 1.29 is 9.47 Å². The predicted octanol–water partition coefficient (Wildman–Crippen LogP) is 6.07. The van der Waals surface area contributed by atoms with Crippen molar-refractivity contribution in [1.82, 2.24) is 0 Å². The summed E-state index contributed by atoms with van der Waals surface area (Å²) in [7, 11) is 1.66. The van der Waals surface area contributed by atoms with Crippen LogP contribution in [0.25, 0.3) is 0 Å². The van der Waals surface area contributed by atoms with Crippen LogP contribution in [0.1, 0.15) is 16.7 Å². The zero-order valence-electron chi connectivity index (χ0n) is 15.8. The minimum absolute atomic E-state index is 0.746. The third kappa shape index (κ3) is 3.37. The fraction of sp³-hybridized carbons (Fsp3) is 0.0769. The number of methoxy groups -OCH3 is 1. The number of hydrogen-bond donors (Lipinski definition) is 0. The van der Waals surface area contributed by atoms with E-state index < -0.39 is 5.60 Å². The molecule has 0 heterocycles. The molecule has 4 rings (SSSR count). The second kappa shape index (κ2) is 8.01. The lowest BCUT2D eigenvalue weighted by molar-refractivity contribution is 0.155. The van der Waals surface area contributed by atoms with E-state index in [4.69, 9.17) is 9.47 Å². The highest BCUT2D eigenvalue weighted by Gasteiger charge is 2.38. The molecule has 0 aliphatic rings. The Bertz CT molecular complexity index is 915. The zero-order valence-corrected chi connectivity index (χ0v) is 15.8. The largest absolute Gasteiger partial charge is 0.497 e. The van der Waals surface area contributed by atoms with Gasteiger partial charge in [0.2, 0.25) is 0 Å². The third-order valence-electron chi connectivity index (χ3n) is 4.85. The summed E-state index contributed by atoms with van der Waals surface area (Å²) in [4.78, 5) is 0. The molecule has 0 saturated heterocycles. The summed E-state index contributed by atoms with van der Waals surface area (Å²) in [6.07, 6.45) is 0. The van der Waals surface area contributed by atoms with E-state index in [9.17, 15) is 0 Å². The molecule has 0 atom stereocenters. The van der Waals surface area contributed by atoms with Gasteiger partial charge in [-0.1, -0.05) is 97.1 Å². The Hall–Kier alpha value is -3.52.